The number of hydrogen-bond donors (Lipinski definition) is 4. The number of likely N-dealkylation sites (tertiary alicyclic amines) is 1. The Bertz CT molecular complexity index is 818. The van der Waals surface area contributed by atoms with E-state index in [-0.39, 0.29) is 40.8 Å². The summed E-state index contributed by atoms with van der Waals surface area (Å²) < 4.78 is 0. The number of aliphatic carboxylic acids is 1. The van der Waals surface area contributed by atoms with E-state index in [1.54, 1.807) is 6.92 Å². The zero-order chi connectivity index (χ0) is 23.2. The maximum atomic E-state index is 13.0. The molecule has 4 heterocycles. The minimum atomic E-state index is -1.11. The van der Waals surface area contributed by atoms with Crippen LogP contribution in [0.15, 0.2) is 10.6 Å². The zero-order valence-corrected chi connectivity index (χ0v) is 19.7. The number of carboxylic acid groups (broad SMARTS) is 1. The number of nitrogens with one attached hydrogen (secondary N) is 2. The number of amides is 2. The van der Waals surface area contributed by atoms with E-state index in [1.807, 2.05) is 11.8 Å². The van der Waals surface area contributed by atoms with E-state index in [9.17, 15) is 24.6 Å². The number of hydrogen-bond acceptors (Lipinski definition) is 7. The fraction of sp³-hybridized carbons (Fsp3) is 0.773. The number of aliphatic hydroxyl groups excluding tert-OH is 1. The van der Waals surface area contributed by atoms with Gasteiger partial charge in [-0.2, -0.15) is 0 Å². The Morgan fingerprint density at radius 3 is 2.78 bits per heavy atom. The Kier molecular flexibility index (Phi) is 6.86. The van der Waals surface area contributed by atoms with E-state index in [0.29, 0.717) is 23.9 Å². The van der Waals surface area contributed by atoms with E-state index in [0.717, 1.165) is 32.5 Å². The van der Waals surface area contributed by atoms with Gasteiger partial charge in [-0.1, -0.05) is 13.8 Å². The van der Waals surface area contributed by atoms with Crippen LogP contribution in [0.2, 0.25) is 0 Å². The maximum absolute atomic E-state index is 13.0. The molecule has 0 aliphatic carbocycles. The standard InChI is InChI=1S/C22H34N4O5S/c1-4-6-23-13-5-7-25(10-13)20(28)15-8-14(9-24-15)32-19-11(2)17-16(12(3)27)21(29)26(17)18(19)22(30)31/h11-17,23-24,27H,4-10H2,1-3H3,(H,30,31)/t11-,12-,13?,14+,15+,16-,17-/m1/s1. The quantitative estimate of drug-likeness (QED) is 0.375. The molecular weight excluding hydrogens is 432 g/mol. The van der Waals surface area contributed by atoms with Crippen LogP contribution in [0.3, 0.4) is 0 Å². The lowest BCUT2D eigenvalue weighted by Gasteiger charge is -2.46. The van der Waals surface area contributed by atoms with E-state index < -0.39 is 18.0 Å². The van der Waals surface area contributed by atoms with Gasteiger partial charge in [0.1, 0.15) is 5.70 Å². The van der Waals surface area contributed by atoms with Crippen molar-refractivity contribution >= 4 is 29.5 Å². The van der Waals surface area contributed by atoms with Gasteiger partial charge in [-0.15, -0.1) is 11.8 Å². The Labute approximate surface area is 193 Å². The van der Waals surface area contributed by atoms with E-state index in [4.69, 9.17) is 0 Å². The topological polar surface area (TPSA) is 122 Å². The molecule has 4 aliphatic heterocycles. The van der Waals surface area contributed by atoms with Crippen LogP contribution in [0.25, 0.3) is 0 Å². The number of fused-ring (bicyclic) bond motifs is 1. The summed E-state index contributed by atoms with van der Waals surface area (Å²) in [7, 11) is 0. The Morgan fingerprint density at radius 2 is 2.12 bits per heavy atom. The van der Waals surface area contributed by atoms with Crippen LogP contribution < -0.4 is 10.6 Å². The lowest BCUT2D eigenvalue weighted by atomic mass is 9.79. The Morgan fingerprint density at radius 1 is 1.38 bits per heavy atom. The maximum Gasteiger partial charge on any atom is 0.353 e. The first kappa shape index (κ1) is 23.5. The van der Waals surface area contributed by atoms with Crippen molar-refractivity contribution in [1.82, 2.24) is 20.4 Å². The first-order valence-electron chi connectivity index (χ1n) is 11.6. The molecule has 0 spiro atoms. The van der Waals surface area contributed by atoms with Crippen LogP contribution in [0.1, 0.15) is 40.0 Å². The fourth-order valence-electron chi connectivity index (χ4n) is 5.54. The highest BCUT2D eigenvalue weighted by Gasteiger charge is 2.60. The molecule has 4 N–H and O–H groups in total. The van der Waals surface area contributed by atoms with Gasteiger partial charge in [-0.25, -0.2) is 4.79 Å². The SMILES string of the molecule is CCCNC1CCN(C(=O)[C@@H]2C[C@H](SC3=C(C(=O)O)N4C(=O)[C@H]([C@@H](C)O)[C@H]4[C@H]3C)CN2)C1. The van der Waals surface area contributed by atoms with Crippen molar-refractivity contribution in [3.8, 4) is 0 Å². The molecule has 32 heavy (non-hydrogen) atoms. The summed E-state index contributed by atoms with van der Waals surface area (Å²) in [5.41, 5.74) is 0.0496. The summed E-state index contributed by atoms with van der Waals surface area (Å²) >= 11 is 1.48. The Balaban J connectivity index is 1.39. The molecule has 0 aromatic heterocycles. The predicted molar refractivity (Wildman–Crippen MR) is 121 cm³/mol. The lowest BCUT2D eigenvalue weighted by Crippen LogP contribution is -2.63. The summed E-state index contributed by atoms with van der Waals surface area (Å²) in [5.74, 6) is -2.02. The van der Waals surface area contributed by atoms with Gasteiger partial charge >= 0.3 is 5.97 Å². The second-order valence-electron chi connectivity index (χ2n) is 9.43. The zero-order valence-electron chi connectivity index (χ0n) is 18.9. The molecule has 0 radical (unpaired) electrons. The molecule has 0 aromatic carbocycles. The van der Waals surface area contributed by atoms with Gasteiger partial charge in [-0.05, 0) is 32.7 Å². The number of carboxylic acids is 1. The lowest BCUT2D eigenvalue weighted by molar-refractivity contribution is -0.163. The minimum Gasteiger partial charge on any atom is -0.477 e. The second-order valence-corrected chi connectivity index (χ2v) is 10.8. The van der Waals surface area contributed by atoms with Crippen LogP contribution in [0, 0.1) is 11.8 Å². The largest absolute Gasteiger partial charge is 0.477 e. The van der Waals surface area contributed by atoms with Gasteiger partial charge in [-0.3, -0.25) is 9.59 Å². The highest BCUT2D eigenvalue weighted by Crippen LogP contribution is 2.51. The van der Waals surface area contributed by atoms with Gasteiger partial charge in [0.05, 0.1) is 24.1 Å². The van der Waals surface area contributed by atoms with Crippen molar-refractivity contribution in [2.75, 3.05) is 26.2 Å². The van der Waals surface area contributed by atoms with Gasteiger partial charge in [0, 0.05) is 41.7 Å². The molecule has 0 aromatic rings. The first-order valence-corrected chi connectivity index (χ1v) is 12.5. The molecule has 4 rings (SSSR count). The third kappa shape index (κ3) is 4.06. The second kappa shape index (κ2) is 9.32. The molecule has 2 amide bonds. The highest BCUT2D eigenvalue weighted by atomic mass is 32.2. The van der Waals surface area contributed by atoms with Crippen molar-refractivity contribution in [2.45, 2.75) is 69.5 Å². The number of rotatable bonds is 8. The van der Waals surface area contributed by atoms with Crippen molar-refractivity contribution in [2.24, 2.45) is 11.8 Å². The molecule has 3 saturated heterocycles. The molecule has 4 aliphatic rings. The third-order valence-electron chi connectivity index (χ3n) is 7.18. The minimum absolute atomic E-state index is 0.0496. The van der Waals surface area contributed by atoms with Crippen LogP contribution in [-0.2, 0) is 14.4 Å². The van der Waals surface area contributed by atoms with Gasteiger partial charge in [0.15, 0.2) is 0 Å². The number of carbonyl (C=O) groups excluding carboxylic acids is 2. The van der Waals surface area contributed by atoms with Crippen molar-refractivity contribution < 1.29 is 24.6 Å². The molecule has 10 heteroatoms. The summed E-state index contributed by atoms with van der Waals surface area (Å²) in [6, 6.07) is -0.205. The van der Waals surface area contributed by atoms with Crippen LogP contribution in [0.4, 0.5) is 0 Å². The Hall–Kier alpha value is -1.62. The predicted octanol–water partition coefficient (Wildman–Crippen LogP) is 0.204. The summed E-state index contributed by atoms with van der Waals surface area (Å²) in [6.07, 6.45) is 1.87. The van der Waals surface area contributed by atoms with E-state index in [1.165, 1.54) is 16.7 Å². The number of thioether (sulfide) groups is 1. The normalized spacial score (nSPS) is 35.3. The summed E-state index contributed by atoms with van der Waals surface area (Å²) in [6.45, 7) is 8.72. The van der Waals surface area contributed by atoms with Crippen LogP contribution in [-0.4, -0.2) is 93.5 Å². The molecule has 0 saturated carbocycles. The van der Waals surface area contributed by atoms with Gasteiger partial charge < -0.3 is 30.6 Å². The summed E-state index contributed by atoms with van der Waals surface area (Å²) in [4.78, 5) is 41.5. The number of aliphatic hydroxyl groups is 1. The molecule has 3 fully saturated rings. The van der Waals surface area contributed by atoms with Crippen LogP contribution in [0.5, 0.6) is 0 Å². The molecular formula is C22H34N4O5S. The average molecular weight is 467 g/mol. The summed E-state index contributed by atoms with van der Waals surface area (Å²) in [5, 5.41) is 26.7. The number of carbonyl (C=O) groups is 3. The van der Waals surface area contributed by atoms with E-state index >= 15 is 0 Å². The van der Waals surface area contributed by atoms with Crippen molar-refractivity contribution in [3.05, 3.63) is 10.6 Å². The number of nitrogens with zero attached hydrogens (tertiary/aromatic N) is 2. The highest BCUT2D eigenvalue weighted by molar-refractivity contribution is 8.03. The van der Waals surface area contributed by atoms with Crippen molar-refractivity contribution in [3.63, 3.8) is 0 Å². The monoisotopic (exact) mass is 466 g/mol. The molecule has 178 valence electrons. The van der Waals surface area contributed by atoms with Crippen molar-refractivity contribution in [1.29, 1.82) is 0 Å². The average Bonchev–Trinajstić information content (AvgIpc) is 3.45. The number of β-lactam (4-membered cyclic amide) rings is 1. The molecule has 9 nitrogen and oxygen atoms in total. The fourth-order valence-corrected chi connectivity index (χ4v) is 7.01. The van der Waals surface area contributed by atoms with Crippen LogP contribution >= 0.6 is 11.8 Å². The molecule has 7 atom stereocenters. The van der Waals surface area contributed by atoms with E-state index in [2.05, 4.69) is 17.6 Å². The smallest absolute Gasteiger partial charge is 0.353 e. The first-order chi connectivity index (χ1) is 15.2. The molecule has 0 bridgehead atoms. The molecule has 1 unspecified atom stereocenters. The third-order valence-corrected chi connectivity index (χ3v) is 8.69. The van der Waals surface area contributed by atoms with Gasteiger partial charge in [0.25, 0.3) is 0 Å². The van der Waals surface area contributed by atoms with Gasteiger partial charge in [0.2, 0.25) is 11.8 Å².